The maximum absolute atomic E-state index is 12.0. The van der Waals surface area contributed by atoms with E-state index in [1.165, 1.54) is 12.8 Å². The number of hydrogen-bond donors (Lipinski definition) is 2. The van der Waals surface area contributed by atoms with Crippen LogP contribution in [0.5, 0.6) is 0 Å². The summed E-state index contributed by atoms with van der Waals surface area (Å²) in [5.74, 6) is 0.628. The first-order chi connectivity index (χ1) is 9.15. The molecule has 20 heavy (non-hydrogen) atoms. The average Bonchev–Trinajstić information content (AvgIpc) is 2.42. The molecule has 0 aliphatic carbocycles. The van der Waals surface area contributed by atoms with E-state index in [1.807, 2.05) is 24.3 Å². The van der Waals surface area contributed by atoms with Crippen molar-refractivity contribution in [3.05, 3.63) is 34.9 Å². The minimum Gasteiger partial charge on any atom is -0.353 e. The second-order valence-electron chi connectivity index (χ2n) is 5.27. The summed E-state index contributed by atoms with van der Waals surface area (Å²) in [6.45, 7) is 4.20. The molecule has 1 aromatic carbocycles. The molecule has 1 aliphatic rings. The van der Waals surface area contributed by atoms with E-state index in [2.05, 4.69) is 17.6 Å². The summed E-state index contributed by atoms with van der Waals surface area (Å²) in [7, 11) is 0. The highest BCUT2D eigenvalue weighted by Crippen LogP contribution is 2.14. The fourth-order valence-corrected chi connectivity index (χ4v) is 2.64. The molecule has 0 spiro atoms. The van der Waals surface area contributed by atoms with E-state index < -0.39 is 0 Å². The number of piperidine rings is 1. The van der Waals surface area contributed by atoms with Crippen LogP contribution in [0.3, 0.4) is 0 Å². The molecule has 1 amide bonds. The van der Waals surface area contributed by atoms with Crippen LogP contribution in [0.25, 0.3) is 0 Å². The van der Waals surface area contributed by atoms with Crippen molar-refractivity contribution in [2.24, 2.45) is 5.92 Å². The van der Waals surface area contributed by atoms with E-state index in [1.54, 1.807) is 0 Å². The smallest absolute Gasteiger partial charge is 0.224 e. The topological polar surface area (TPSA) is 41.1 Å². The summed E-state index contributed by atoms with van der Waals surface area (Å²) < 4.78 is 0. The zero-order chi connectivity index (χ0) is 13.7. The van der Waals surface area contributed by atoms with E-state index in [-0.39, 0.29) is 24.4 Å². The van der Waals surface area contributed by atoms with Gasteiger partial charge in [0.25, 0.3) is 0 Å². The van der Waals surface area contributed by atoms with Crippen molar-refractivity contribution in [1.82, 2.24) is 10.6 Å². The van der Waals surface area contributed by atoms with Crippen molar-refractivity contribution in [2.75, 3.05) is 13.1 Å². The molecule has 2 rings (SSSR count). The Labute approximate surface area is 131 Å². The van der Waals surface area contributed by atoms with Crippen LogP contribution < -0.4 is 10.6 Å². The lowest BCUT2D eigenvalue weighted by atomic mass is 9.92. The van der Waals surface area contributed by atoms with Crippen LogP contribution in [0.2, 0.25) is 5.02 Å². The standard InChI is InChI=1S/C15H21ClN2O.ClH/c1-11(13-3-2-8-17-10-13)18-15(19)9-12-4-6-14(16)7-5-12;/h4-7,11,13,17H,2-3,8-10H2,1H3,(H,18,19);1H. The monoisotopic (exact) mass is 316 g/mol. The molecule has 0 radical (unpaired) electrons. The first kappa shape index (κ1) is 17.3. The average molecular weight is 317 g/mol. The molecular formula is C15H22Cl2N2O. The second-order valence-corrected chi connectivity index (χ2v) is 5.70. The molecule has 0 bridgehead atoms. The van der Waals surface area contributed by atoms with Crippen molar-refractivity contribution >= 4 is 29.9 Å². The molecule has 2 N–H and O–H groups in total. The van der Waals surface area contributed by atoms with E-state index >= 15 is 0 Å². The highest BCUT2D eigenvalue weighted by molar-refractivity contribution is 6.30. The Morgan fingerprint density at radius 1 is 1.45 bits per heavy atom. The molecule has 1 fully saturated rings. The molecule has 0 aromatic heterocycles. The molecule has 0 saturated carbocycles. The molecule has 112 valence electrons. The predicted molar refractivity (Wildman–Crippen MR) is 85.6 cm³/mol. The van der Waals surface area contributed by atoms with Gasteiger partial charge in [0.15, 0.2) is 0 Å². The number of carbonyl (C=O) groups is 1. The fourth-order valence-electron chi connectivity index (χ4n) is 2.52. The van der Waals surface area contributed by atoms with Gasteiger partial charge in [0.2, 0.25) is 5.91 Å². The van der Waals surface area contributed by atoms with Gasteiger partial charge in [-0.2, -0.15) is 0 Å². The SMILES string of the molecule is CC(NC(=O)Cc1ccc(Cl)cc1)C1CCCNC1.Cl. The van der Waals surface area contributed by atoms with Gasteiger partial charge in [-0.05, 0) is 56.5 Å². The van der Waals surface area contributed by atoms with Gasteiger partial charge in [0.05, 0.1) is 6.42 Å². The Kier molecular flexibility index (Phi) is 7.35. The maximum Gasteiger partial charge on any atom is 0.224 e. The zero-order valence-electron chi connectivity index (χ0n) is 11.7. The number of amides is 1. The highest BCUT2D eigenvalue weighted by atomic mass is 35.5. The second kappa shape index (κ2) is 8.50. The van der Waals surface area contributed by atoms with Crippen molar-refractivity contribution in [2.45, 2.75) is 32.2 Å². The Balaban J connectivity index is 0.00000200. The van der Waals surface area contributed by atoms with Crippen LogP contribution >= 0.6 is 24.0 Å². The highest BCUT2D eigenvalue weighted by Gasteiger charge is 2.21. The van der Waals surface area contributed by atoms with Gasteiger partial charge in [-0.1, -0.05) is 23.7 Å². The molecule has 1 heterocycles. The van der Waals surface area contributed by atoms with E-state index in [0.29, 0.717) is 17.4 Å². The normalized spacial score (nSPS) is 19.8. The number of nitrogens with one attached hydrogen (secondary N) is 2. The molecule has 2 unspecified atom stereocenters. The Morgan fingerprint density at radius 2 is 2.15 bits per heavy atom. The van der Waals surface area contributed by atoms with Gasteiger partial charge in [-0.25, -0.2) is 0 Å². The predicted octanol–water partition coefficient (Wildman–Crippen LogP) is 2.81. The first-order valence-corrected chi connectivity index (χ1v) is 7.27. The molecular weight excluding hydrogens is 295 g/mol. The van der Waals surface area contributed by atoms with Crippen LogP contribution in [-0.4, -0.2) is 25.0 Å². The Bertz CT molecular complexity index is 416. The summed E-state index contributed by atoms with van der Waals surface area (Å²) in [5.41, 5.74) is 0.996. The molecule has 2 atom stereocenters. The number of carbonyl (C=O) groups excluding carboxylic acids is 1. The third-order valence-corrected chi connectivity index (χ3v) is 3.96. The van der Waals surface area contributed by atoms with Crippen LogP contribution in [0, 0.1) is 5.92 Å². The zero-order valence-corrected chi connectivity index (χ0v) is 13.3. The van der Waals surface area contributed by atoms with Gasteiger partial charge >= 0.3 is 0 Å². The number of benzene rings is 1. The third kappa shape index (κ3) is 5.31. The Hall–Kier alpha value is -0.770. The summed E-state index contributed by atoms with van der Waals surface area (Å²) in [4.78, 5) is 12.0. The summed E-state index contributed by atoms with van der Waals surface area (Å²) in [6.07, 6.45) is 2.80. The summed E-state index contributed by atoms with van der Waals surface area (Å²) in [6, 6.07) is 7.66. The van der Waals surface area contributed by atoms with Crippen LogP contribution in [0.15, 0.2) is 24.3 Å². The van der Waals surface area contributed by atoms with E-state index in [0.717, 1.165) is 18.7 Å². The Morgan fingerprint density at radius 3 is 2.75 bits per heavy atom. The van der Waals surface area contributed by atoms with Crippen molar-refractivity contribution in [3.8, 4) is 0 Å². The number of halogens is 2. The van der Waals surface area contributed by atoms with Crippen LogP contribution in [-0.2, 0) is 11.2 Å². The lowest BCUT2D eigenvalue weighted by molar-refractivity contribution is -0.121. The van der Waals surface area contributed by atoms with Gasteiger partial charge in [0.1, 0.15) is 0 Å². The first-order valence-electron chi connectivity index (χ1n) is 6.89. The third-order valence-electron chi connectivity index (χ3n) is 3.71. The minimum atomic E-state index is 0. The quantitative estimate of drug-likeness (QED) is 0.896. The molecule has 3 nitrogen and oxygen atoms in total. The molecule has 1 saturated heterocycles. The van der Waals surface area contributed by atoms with Gasteiger partial charge in [-0.15, -0.1) is 12.4 Å². The van der Waals surface area contributed by atoms with E-state index in [4.69, 9.17) is 11.6 Å². The molecule has 1 aliphatic heterocycles. The fraction of sp³-hybridized carbons (Fsp3) is 0.533. The van der Waals surface area contributed by atoms with Crippen molar-refractivity contribution < 1.29 is 4.79 Å². The molecule has 1 aromatic rings. The van der Waals surface area contributed by atoms with Crippen molar-refractivity contribution in [3.63, 3.8) is 0 Å². The van der Waals surface area contributed by atoms with Crippen LogP contribution in [0.1, 0.15) is 25.3 Å². The lowest BCUT2D eigenvalue weighted by Gasteiger charge is -2.29. The summed E-state index contributed by atoms with van der Waals surface area (Å²) >= 11 is 5.83. The molecule has 5 heteroatoms. The van der Waals surface area contributed by atoms with Gasteiger partial charge in [0, 0.05) is 11.1 Å². The maximum atomic E-state index is 12.0. The van der Waals surface area contributed by atoms with Crippen LogP contribution in [0.4, 0.5) is 0 Å². The summed E-state index contributed by atoms with van der Waals surface area (Å²) in [5, 5.41) is 7.18. The van der Waals surface area contributed by atoms with Gasteiger partial charge < -0.3 is 10.6 Å². The number of rotatable bonds is 4. The largest absolute Gasteiger partial charge is 0.353 e. The van der Waals surface area contributed by atoms with Gasteiger partial charge in [-0.3, -0.25) is 4.79 Å². The lowest BCUT2D eigenvalue weighted by Crippen LogP contribution is -2.45. The minimum absolute atomic E-state index is 0. The number of hydrogen-bond acceptors (Lipinski definition) is 2. The van der Waals surface area contributed by atoms with Crippen molar-refractivity contribution in [1.29, 1.82) is 0 Å². The van der Waals surface area contributed by atoms with E-state index in [9.17, 15) is 4.79 Å².